The molecule has 0 radical (unpaired) electrons. The minimum absolute atomic E-state index is 0.376. The summed E-state index contributed by atoms with van der Waals surface area (Å²) in [6.45, 7) is 0. The van der Waals surface area contributed by atoms with Crippen molar-refractivity contribution in [2.75, 3.05) is 12.4 Å². The van der Waals surface area contributed by atoms with Crippen LogP contribution < -0.4 is 5.32 Å². The van der Waals surface area contributed by atoms with E-state index in [-0.39, 0.29) is 0 Å². The van der Waals surface area contributed by atoms with Crippen LogP contribution in [0, 0.1) is 5.41 Å². The fourth-order valence-electron chi connectivity index (χ4n) is 9.75. The zero-order valence-electron chi connectivity index (χ0n) is 31.0. The molecule has 2 aromatic heterocycles. The van der Waals surface area contributed by atoms with E-state index in [1.54, 1.807) is 5.56 Å². The lowest BCUT2D eigenvalue weighted by atomic mass is 9.51. The maximum absolute atomic E-state index is 5.25. The Labute approximate surface area is 318 Å². The van der Waals surface area contributed by atoms with Gasteiger partial charge in [0.15, 0.2) is 5.65 Å². The number of aromatic nitrogens is 4. The van der Waals surface area contributed by atoms with E-state index in [9.17, 15) is 0 Å². The number of hydrogen-bond donors (Lipinski definition) is 1. The van der Waals surface area contributed by atoms with Crippen LogP contribution >= 0.6 is 0 Å². The van der Waals surface area contributed by atoms with Gasteiger partial charge in [-0.1, -0.05) is 163 Å². The van der Waals surface area contributed by atoms with Gasteiger partial charge >= 0.3 is 0 Å². The standard InChI is InChI=1S/C49H47N5/c1-50-44-36-43(42(37-18-7-2-8-19-37)28-17-29-47-30-33-48(34-31-47,35-32-47)38-20-9-3-10-21-38)45-46(51-44)54(53-52-45)49(39-22-11-4-12-23-39,40-24-13-5-14-25-40)41-26-15-6-16-27-41/h2-16,18-28,36H,17,29-35H2,1H3,(H,50,51)/b42-28-. The summed E-state index contributed by atoms with van der Waals surface area (Å²) < 4.78 is 2.05. The molecule has 0 aliphatic heterocycles. The number of fused-ring (bicyclic) bond motifs is 4. The van der Waals surface area contributed by atoms with E-state index in [1.165, 1.54) is 56.1 Å². The maximum atomic E-state index is 5.25. The number of anilines is 1. The van der Waals surface area contributed by atoms with Gasteiger partial charge in [-0.25, -0.2) is 9.67 Å². The second-order valence-electron chi connectivity index (χ2n) is 15.5. The van der Waals surface area contributed by atoms with E-state index in [2.05, 4.69) is 174 Å². The Balaban J connectivity index is 1.16. The molecule has 5 nitrogen and oxygen atoms in total. The van der Waals surface area contributed by atoms with E-state index in [1.807, 2.05) is 7.05 Å². The van der Waals surface area contributed by atoms with E-state index < -0.39 is 5.54 Å². The van der Waals surface area contributed by atoms with Gasteiger partial charge < -0.3 is 5.32 Å². The van der Waals surface area contributed by atoms with Crippen LogP contribution in [0.15, 0.2) is 164 Å². The van der Waals surface area contributed by atoms with Crippen molar-refractivity contribution in [3.05, 3.63) is 197 Å². The summed E-state index contributed by atoms with van der Waals surface area (Å²) in [5, 5.41) is 13.5. The van der Waals surface area contributed by atoms with E-state index >= 15 is 0 Å². The minimum atomic E-state index is -0.831. The number of benzene rings is 5. The molecule has 0 atom stereocenters. The smallest absolute Gasteiger partial charge is 0.182 e. The summed E-state index contributed by atoms with van der Waals surface area (Å²) in [5.74, 6) is 0.779. The van der Waals surface area contributed by atoms with Gasteiger partial charge in [0.2, 0.25) is 0 Å². The van der Waals surface area contributed by atoms with Gasteiger partial charge in [0.1, 0.15) is 16.9 Å². The van der Waals surface area contributed by atoms with Crippen molar-refractivity contribution in [2.24, 2.45) is 5.41 Å². The molecule has 2 heterocycles. The molecule has 0 amide bonds. The normalized spacial score (nSPS) is 19.9. The number of hydrogen-bond acceptors (Lipinski definition) is 4. The third-order valence-corrected chi connectivity index (χ3v) is 12.7. The molecule has 5 aromatic carbocycles. The van der Waals surface area contributed by atoms with Gasteiger partial charge in [0.25, 0.3) is 0 Å². The van der Waals surface area contributed by atoms with Crippen molar-refractivity contribution in [1.29, 1.82) is 0 Å². The van der Waals surface area contributed by atoms with Crippen LogP contribution in [0.2, 0.25) is 0 Å². The fraction of sp³-hybridized carbons (Fsp3) is 0.245. The average molecular weight is 706 g/mol. The van der Waals surface area contributed by atoms with E-state index in [0.717, 1.165) is 45.7 Å². The average Bonchev–Trinajstić information content (AvgIpc) is 3.69. The maximum Gasteiger partial charge on any atom is 0.182 e. The lowest BCUT2D eigenvalue weighted by Crippen LogP contribution is -2.44. The number of nitrogens with one attached hydrogen (secondary N) is 1. The Bertz CT molecular complexity index is 2250. The van der Waals surface area contributed by atoms with Crippen LogP contribution in [-0.2, 0) is 11.0 Å². The zero-order chi connectivity index (χ0) is 36.4. The second kappa shape index (κ2) is 14.2. The van der Waals surface area contributed by atoms with Gasteiger partial charge in [0, 0.05) is 12.6 Å². The highest BCUT2D eigenvalue weighted by molar-refractivity contribution is 5.94. The summed E-state index contributed by atoms with van der Waals surface area (Å²) in [7, 11) is 1.94. The SMILES string of the molecule is CNc1cc(/C(=C\CCC23CCC(c4ccccc4)(CC2)CC3)c2ccccc2)c2nnn(C(c3ccccc3)(c3ccccc3)c3ccccc3)c2n1. The van der Waals surface area contributed by atoms with Crippen LogP contribution in [-0.4, -0.2) is 27.0 Å². The molecule has 7 aromatic rings. The monoisotopic (exact) mass is 705 g/mol. The van der Waals surface area contributed by atoms with Crippen molar-refractivity contribution in [3.8, 4) is 0 Å². The molecule has 5 heteroatoms. The lowest BCUT2D eigenvalue weighted by molar-refractivity contribution is 0.0334. The number of pyridine rings is 1. The third-order valence-electron chi connectivity index (χ3n) is 12.7. The Morgan fingerprint density at radius 1 is 0.667 bits per heavy atom. The predicted octanol–water partition coefficient (Wildman–Crippen LogP) is 11.2. The van der Waals surface area contributed by atoms with Crippen molar-refractivity contribution in [2.45, 2.75) is 62.3 Å². The molecule has 3 saturated carbocycles. The highest BCUT2D eigenvalue weighted by Gasteiger charge is 2.48. The Morgan fingerprint density at radius 2 is 1.17 bits per heavy atom. The van der Waals surface area contributed by atoms with Crippen molar-refractivity contribution in [3.63, 3.8) is 0 Å². The molecule has 10 rings (SSSR count). The zero-order valence-corrected chi connectivity index (χ0v) is 31.0. The molecular formula is C49H47N5. The van der Waals surface area contributed by atoms with Gasteiger partial charge in [-0.05, 0) is 102 Å². The van der Waals surface area contributed by atoms with Gasteiger partial charge in [-0.2, -0.15) is 0 Å². The van der Waals surface area contributed by atoms with Crippen LogP contribution in [0.1, 0.15) is 84.7 Å². The molecule has 268 valence electrons. The Kier molecular flexibility index (Phi) is 8.94. The predicted molar refractivity (Wildman–Crippen MR) is 220 cm³/mol. The summed E-state index contributed by atoms with van der Waals surface area (Å²) >= 11 is 0. The molecule has 2 bridgehead atoms. The van der Waals surface area contributed by atoms with Crippen LogP contribution in [0.5, 0.6) is 0 Å². The van der Waals surface area contributed by atoms with E-state index in [0.29, 0.717) is 10.8 Å². The quantitative estimate of drug-likeness (QED) is 0.136. The molecule has 0 unspecified atom stereocenters. The first-order valence-corrected chi connectivity index (χ1v) is 19.6. The lowest BCUT2D eigenvalue weighted by Gasteiger charge is -2.54. The largest absolute Gasteiger partial charge is 0.373 e. The van der Waals surface area contributed by atoms with Crippen molar-refractivity contribution >= 4 is 22.6 Å². The van der Waals surface area contributed by atoms with Crippen LogP contribution in [0.4, 0.5) is 5.82 Å². The highest BCUT2D eigenvalue weighted by Crippen LogP contribution is 2.59. The summed E-state index contributed by atoms with van der Waals surface area (Å²) in [4.78, 5) is 5.25. The minimum Gasteiger partial charge on any atom is -0.373 e. The number of allylic oxidation sites excluding steroid dienone is 1. The first-order chi connectivity index (χ1) is 26.6. The Hall–Kier alpha value is -5.81. The topological polar surface area (TPSA) is 55.6 Å². The highest BCUT2D eigenvalue weighted by atomic mass is 15.5. The molecular weight excluding hydrogens is 659 g/mol. The van der Waals surface area contributed by atoms with E-state index in [4.69, 9.17) is 15.3 Å². The fourth-order valence-corrected chi connectivity index (χ4v) is 9.75. The molecule has 3 aliphatic rings. The second-order valence-corrected chi connectivity index (χ2v) is 15.5. The summed E-state index contributed by atoms with van der Waals surface area (Å²) in [6.07, 6.45) is 12.5. The molecule has 3 fully saturated rings. The van der Waals surface area contributed by atoms with Gasteiger partial charge in [-0.15, -0.1) is 5.10 Å². The number of nitrogens with zero attached hydrogens (tertiary/aromatic N) is 4. The van der Waals surface area contributed by atoms with Gasteiger partial charge in [-0.3, -0.25) is 0 Å². The Morgan fingerprint density at radius 3 is 1.69 bits per heavy atom. The molecule has 0 saturated heterocycles. The molecule has 54 heavy (non-hydrogen) atoms. The van der Waals surface area contributed by atoms with Crippen LogP contribution in [0.3, 0.4) is 0 Å². The van der Waals surface area contributed by atoms with Crippen molar-refractivity contribution < 1.29 is 0 Å². The van der Waals surface area contributed by atoms with Crippen molar-refractivity contribution in [1.82, 2.24) is 20.0 Å². The number of rotatable bonds is 11. The third kappa shape index (κ3) is 5.83. The van der Waals surface area contributed by atoms with Gasteiger partial charge in [0.05, 0.1) is 0 Å². The molecule has 1 N–H and O–H groups in total. The molecule has 3 aliphatic carbocycles. The molecule has 0 spiro atoms. The first kappa shape index (κ1) is 34.0. The first-order valence-electron chi connectivity index (χ1n) is 19.6. The summed E-state index contributed by atoms with van der Waals surface area (Å²) in [6, 6.07) is 56.2. The van der Waals surface area contributed by atoms with Crippen LogP contribution in [0.25, 0.3) is 16.7 Å². The summed E-state index contributed by atoms with van der Waals surface area (Å²) in [5.41, 5.74) is 9.68.